The van der Waals surface area contributed by atoms with E-state index in [4.69, 9.17) is 0 Å². The van der Waals surface area contributed by atoms with Crippen molar-refractivity contribution in [3.05, 3.63) is 0 Å². The minimum absolute atomic E-state index is 0.200. The first-order valence-corrected chi connectivity index (χ1v) is 7.15. The Hall–Kier alpha value is -1.30. The van der Waals surface area contributed by atoms with Gasteiger partial charge in [0.15, 0.2) is 0 Å². The Bertz CT molecular complexity index is 395. The number of carbonyl (C=O) groups is 2. The molecular formula is C13H21N3O3. The summed E-state index contributed by atoms with van der Waals surface area (Å²) in [5.41, 5.74) is -0.996. The SMILES string of the molecule is O=C(NC1(C(=O)O)CCC1)N1CCN2CCCC2C1. The Morgan fingerprint density at radius 1 is 1.16 bits per heavy atom. The Morgan fingerprint density at radius 3 is 2.58 bits per heavy atom. The molecule has 0 aromatic rings. The number of urea groups is 1. The molecule has 2 amide bonds. The molecule has 106 valence electrons. The van der Waals surface area contributed by atoms with Gasteiger partial charge in [-0.15, -0.1) is 0 Å². The highest BCUT2D eigenvalue weighted by Crippen LogP contribution is 2.32. The third kappa shape index (κ3) is 2.18. The minimum Gasteiger partial charge on any atom is -0.480 e. The summed E-state index contributed by atoms with van der Waals surface area (Å²) >= 11 is 0. The van der Waals surface area contributed by atoms with Gasteiger partial charge in [-0.1, -0.05) is 0 Å². The molecule has 2 heterocycles. The number of fused-ring (bicyclic) bond motifs is 1. The normalized spacial score (nSPS) is 29.5. The number of carboxylic acids is 1. The van der Waals surface area contributed by atoms with Crippen LogP contribution in [0.25, 0.3) is 0 Å². The molecule has 6 heteroatoms. The number of aliphatic carboxylic acids is 1. The lowest BCUT2D eigenvalue weighted by molar-refractivity contribution is -0.148. The zero-order chi connectivity index (χ0) is 13.5. The van der Waals surface area contributed by atoms with Gasteiger partial charge in [-0.05, 0) is 38.6 Å². The van der Waals surface area contributed by atoms with Crippen LogP contribution in [0.1, 0.15) is 32.1 Å². The summed E-state index contributed by atoms with van der Waals surface area (Å²) in [6, 6.07) is 0.273. The summed E-state index contributed by atoms with van der Waals surface area (Å²) < 4.78 is 0. The van der Waals surface area contributed by atoms with Gasteiger partial charge in [-0.25, -0.2) is 9.59 Å². The minimum atomic E-state index is -0.996. The molecule has 0 aromatic heterocycles. The number of hydrogen-bond donors (Lipinski definition) is 2. The topological polar surface area (TPSA) is 72.9 Å². The van der Waals surface area contributed by atoms with Gasteiger partial charge in [0.2, 0.25) is 0 Å². The van der Waals surface area contributed by atoms with Crippen LogP contribution in [0, 0.1) is 0 Å². The van der Waals surface area contributed by atoms with Crippen LogP contribution in [0.5, 0.6) is 0 Å². The smallest absolute Gasteiger partial charge is 0.329 e. The van der Waals surface area contributed by atoms with E-state index in [9.17, 15) is 14.7 Å². The van der Waals surface area contributed by atoms with Crippen molar-refractivity contribution >= 4 is 12.0 Å². The second-order valence-electron chi connectivity index (χ2n) is 5.95. The monoisotopic (exact) mass is 267 g/mol. The molecule has 0 bridgehead atoms. The third-order valence-electron chi connectivity index (χ3n) is 4.84. The van der Waals surface area contributed by atoms with E-state index in [-0.39, 0.29) is 6.03 Å². The van der Waals surface area contributed by atoms with Crippen molar-refractivity contribution in [2.45, 2.75) is 43.7 Å². The van der Waals surface area contributed by atoms with E-state index in [0.29, 0.717) is 25.4 Å². The molecule has 1 saturated carbocycles. The van der Waals surface area contributed by atoms with Gasteiger partial charge in [-0.3, -0.25) is 4.90 Å². The molecule has 0 aromatic carbocycles. The van der Waals surface area contributed by atoms with Crippen molar-refractivity contribution in [3.8, 4) is 0 Å². The molecule has 3 fully saturated rings. The number of rotatable bonds is 2. The maximum Gasteiger partial charge on any atom is 0.329 e. The lowest BCUT2D eigenvalue weighted by Crippen LogP contribution is -2.64. The van der Waals surface area contributed by atoms with E-state index in [1.807, 2.05) is 0 Å². The number of piperazine rings is 1. The molecule has 1 aliphatic carbocycles. The fourth-order valence-corrected chi connectivity index (χ4v) is 3.38. The first-order valence-electron chi connectivity index (χ1n) is 7.15. The van der Waals surface area contributed by atoms with Crippen LogP contribution >= 0.6 is 0 Å². The highest BCUT2D eigenvalue weighted by Gasteiger charge is 2.46. The lowest BCUT2D eigenvalue weighted by atomic mass is 9.77. The molecule has 1 atom stereocenters. The van der Waals surface area contributed by atoms with Crippen molar-refractivity contribution in [1.82, 2.24) is 15.1 Å². The first-order chi connectivity index (χ1) is 9.11. The Balaban J connectivity index is 1.60. The second-order valence-corrected chi connectivity index (χ2v) is 5.95. The van der Waals surface area contributed by atoms with Crippen LogP contribution in [-0.4, -0.2) is 64.7 Å². The number of hydrogen-bond acceptors (Lipinski definition) is 3. The summed E-state index contributed by atoms with van der Waals surface area (Å²) in [6.07, 6.45) is 4.34. The van der Waals surface area contributed by atoms with Gasteiger partial charge in [0.1, 0.15) is 5.54 Å². The van der Waals surface area contributed by atoms with Crippen molar-refractivity contribution in [1.29, 1.82) is 0 Å². The summed E-state index contributed by atoms with van der Waals surface area (Å²) in [7, 11) is 0. The van der Waals surface area contributed by atoms with Gasteiger partial charge in [0.25, 0.3) is 0 Å². The number of nitrogens with one attached hydrogen (secondary N) is 1. The largest absolute Gasteiger partial charge is 0.480 e. The van der Waals surface area contributed by atoms with E-state index in [1.165, 1.54) is 6.42 Å². The van der Waals surface area contributed by atoms with Crippen LogP contribution < -0.4 is 5.32 Å². The highest BCUT2D eigenvalue weighted by molar-refractivity contribution is 5.87. The zero-order valence-corrected chi connectivity index (χ0v) is 11.1. The Kier molecular flexibility index (Phi) is 3.12. The van der Waals surface area contributed by atoms with Crippen LogP contribution in [0.2, 0.25) is 0 Å². The van der Waals surface area contributed by atoms with Gasteiger partial charge in [0, 0.05) is 25.7 Å². The van der Waals surface area contributed by atoms with Crippen LogP contribution in [-0.2, 0) is 4.79 Å². The highest BCUT2D eigenvalue weighted by atomic mass is 16.4. The van der Waals surface area contributed by atoms with Gasteiger partial charge in [-0.2, -0.15) is 0 Å². The van der Waals surface area contributed by atoms with Gasteiger partial charge < -0.3 is 15.3 Å². The summed E-state index contributed by atoms with van der Waals surface area (Å²) in [5.74, 6) is -0.897. The van der Waals surface area contributed by atoms with E-state index in [2.05, 4.69) is 10.2 Å². The molecule has 2 N–H and O–H groups in total. The molecule has 3 rings (SSSR count). The second kappa shape index (κ2) is 4.67. The molecule has 1 unspecified atom stereocenters. The lowest BCUT2D eigenvalue weighted by Gasteiger charge is -2.42. The van der Waals surface area contributed by atoms with Crippen LogP contribution in [0.4, 0.5) is 4.79 Å². The third-order valence-corrected chi connectivity index (χ3v) is 4.84. The quantitative estimate of drug-likeness (QED) is 0.763. The molecule has 2 aliphatic heterocycles. The molecule has 2 saturated heterocycles. The number of carbonyl (C=O) groups excluding carboxylic acids is 1. The predicted molar refractivity (Wildman–Crippen MR) is 68.9 cm³/mol. The van der Waals surface area contributed by atoms with Crippen LogP contribution in [0.15, 0.2) is 0 Å². The average molecular weight is 267 g/mol. The number of carboxylic acid groups (broad SMARTS) is 1. The molecule has 6 nitrogen and oxygen atoms in total. The molecule has 0 spiro atoms. The van der Waals surface area contributed by atoms with E-state index >= 15 is 0 Å². The van der Waals surface area contributed by atoms with Gasteiger partial charge >= 0.3 is 12.0 Å². The van der Waals surface area contributed by atoms with E-state index < -0.39 is 11.5 Å². The first kappa shape index (κ1) is 12.7. The van der Waals surface area contributed by atoms with Crippen molar-refractivity contribution in [3.63, 3.8) is 0 Å². The maximum atomic E-state index is 12.2. The van der Waals surface area contributed by atoms with E-state index in [1.54, 1.807) is 4.90 Å². The maximum absolute atomic E-state index is 12.2. The fourth-order valence-electron chi connectivity index (χ4n) is 3.38. The summed E-state index contributed by atoms with van der Waals surface area (Å²) in [5, 5.41) is 12.0. The number of nitrogens with zero attached hydrogens (tertiary/aromatic N) is 2. The zero-order valence-electron chi connectivity index (χ0n) is 11.1. The predicted octanol–water partition coefficient (Wildman–Crippen LogP) is 0.483. The summed E-state index contributed by atoms with van der Waals surface area (Å²) in [6.45, 7) is 3.50. The summed E-state index contributed by atoms with van der Waals surface area (Å²) in [4.78, 5) is 27.7. The Morgan fingerprint density at radius 2 is 1.95 bits per heavy atom. The molecule has 19 heavy (non-hydrogen) atoms. The van der Waals surface area contributed by atoms with Crippen molar-refractivity contribution < 1.29 is 14.7 Å². The number of amides is 2. The standard InChI is InChI=1S/C13H21N3O3/c17-11(18)13(4-2-5-13)14-12(19)16-8-7-15-6-1-3-10(15)9-16/h10H,1-9H2,(H,14,19)(H,17,18). The average Bonchev–Trinajstić information content (AvgIpc) is 2.79. The van der Waals surface area contributed by atoms with Gasteiger partial charge in [0.05, 0.1) is 0 Å². The fraction of sp³-hybridized carbons (Fsp3) is 0.846. The van der Waals surface area contributed by atoms with Crippen LogP contribution in [0.3, 0.4) is 0 Å². The molecular weight excluding hydrogens is 246 g/mol. The van der Waals surface area contributed by atoms with E-state index in [0.717, 1.165) is 32.5 Å². The Labute approximate surface area is 112 Å². The molecule has 3 aliphatic rings. The van der Waals surface area contributed by atoms with Crippen molar-refractivity contribution in [2.24, 2.45) is 0 Å². The molecule has 0 radical (unpaired) electrons. The van der Waals surface area contributed by atoms with Crippen molar-refractivity contribution in [2.75, 3.05) is 26.2 Å².